The molecular formula is C29H25N5O3S. The van der Waals surface area contributed by atoms with Crippen molar-refractivity contribution in [2.24, 2.45) is 0 Å². The second-order valence-corrected chi connectivity index (χ2v) is 10.6. The van der Waals surface area contributed by atoms with Gasteiger partial charge in [-0.3, -0.25) is 4.79 Å². The summed E-state index contributed by atoms with van der Waals surface area (Å²) in [5.41, 5.74) is 5.39. The molecule has 5 aromatic rings. The zero-order valence-corrected chi connectivity index (χ0v) is 21.9. The Morgan fingerprint density at radius 2 is 1.39 bits per heavy atom. The number of amides is 1. The van der Waals surface area contributed by atoms with E-state index in [1.54, 1.807) is 32.0 Å². The van der Waals surface area contributed by atoms with Crippen LogP contribution in [0.3, 0.4) is 0 Å². The first-order valence-corrected chi connectivity index (χ1v) is 13.4. The number of pyridine rings is 1. The number of nitrogens with zero attached hydrogens (tertiary/aromatic N) is 3. The number of anilines is 2. The third kappa shape index (κ3) is 5.09. The number of fused-ring (bicyclic) bond motifs is 1. The fraction of sp³-hybridized carbons (Fsp3) is 0.103. The van der Waals surface area contributed by atoms with E-state index in [-0.39, 0.29) is 16.8 Å². The predicted molar refractivity (Wildman–Crippen MR) is 149 cm³/mol. The Morgan fingerprint density at radius 1 is 0.763 bits per heavy atom. The Labute approximate surface area is 220 Å². The van der Waals surface area contributed by atoms with Gasteiger partial charge in [-0.05, 0) is 62.7 Å². The van der Waals surface area contributed by atoms with Crippen molar-refractivity contribution in [1.82, 2.24) is 15.0 Å². The van der Waals surface area contributed by atoms with Gasteiger partial charge < -0.3 is 5.32 Å². The summed E-state index contributed by atoms with van der Waals surface area (Å²) in [6.07, 6.45) is 0. The average molecular weight is 524 g/mol. The maximum atomic E-state index is 13.5. The normalized spacial score (nSPS) is 11.3. The number of aromatic nitrogens is 3. The van der Waals surface area contributed by atoms with Gasteiger partial charge in [-0.15, -0.1) is 0 Å². The molecule has 0 unspecified atom stereocenters. The number of hydrogen-bond acceptors (Lipinski definition) is 6. The smallest absolute Gasteiger partial charge is 0.264 e. The lowest BCUT2D eigenvalue weighted by Gasteiger charge is -2.15. The number of sulfonamides is 1. The number of carbonyl (C=O) groups excluding carboxylic acids is 1. The fourth-order valence-corrected chi connectivity index (χ4v) is 5.28. The van der Waals surface area contributed by atoms with Gasteiger partial charge in [0, 0.05) is 28.0 Å². The molecule has 0 aliphatic heterocycles. The van der Waals surface area contributed by atoms with Gasteiger partial charge in [0.1, 0.15) is 0 Å². The first-order chi connectivity index (χ1) is 18.2. The molecule has 38 heavy (non-hydrogen) atoms. The number of benzene rings is 3. The lowest BCUT2D eigenvalue weighted by Crippen LogP contribution is -2.17. The van der Waals surface area contributed by atoms with E-state index in [4.69, 9.17) is 4.98 Å². The van der Waals surface area contributed by atoms with Crippen LogP contribution in [0.1, 0.15) is 27.3 Å². The Kier molecular flexibility index (Phi) is 6.61. The van der Waals surface area contributed by atoms with E-state index < -0.39 is 10.0 Å². The minimum absolute atomic E-state index is 0.00846. The minimum Gasteiger partial charge on any atom is -0.322 e. The Balaban J connectivity index is 1.44. The average Bonchev–Trinajstić information content (AvgIpc) is 2.88. The van der Waals surface area contributed by atoms with Crippen LogP contribution in [0.25, 0.3) is 22.2 Å². The monoisotopic (exact) mass is 523 g/mol. The highest BCUT2D eigenvalue weighted by atomic mass is 32.2. The fourth-order valence-electron chi connectivity index (χ4n) is 4.34. The molecule has 0 bridgehead atoms. The van der Waals surface area contributed by atoms with E-state index in [1.165, 1.54) is 12.1 Å². The summed E-state index contributed by atoms with van der Waals surface area (Å²) in [6.45, 7) is 5.41. The standard InChI is InChI=1S/C29H25N5O3S/c1-18-17-19(2)31-29(30-18)34-38(36,37)23-15-13-22(14-16-23)32-28(35)26-20(3)27(21-9-5-4-6-10-21)33-25-12-8-7-11-24(25)26/h4-17H,1-3H3,(H,32,35)(H,30,31,34). The van der Waals surface area contributed by atoms with Crippen molar-refractivity contribution in [3.63, 3.8) is 0 Å². The molecule has 0 atom stereocenters. The van der Waals surface area contributed by atoms with Crippen LogP contribution in [0.5, 0.6) is 0 Å². The number of nitrogens with one attached hydrogen (secondary N) is 2. The van der Waals surface area contributed by atoms with Gasteiger partial charge >= 0.3 is 0 Å². The molecule has 1 amide bonds. The van der Waals surface area contributed by atoms with Crippen molar-refractivity contribution in [3.8, 4) is 11.3 Å². The van der Waals surface area contributed by atoms with E-state index in [9.17, 15) is 13.2 Å². The van der Waals surface area contributed by atoms with Crippen LogP contribution >= 0.6 is 0 Å². The highest BCUT2D eigenvalue weighted by molar-refractivity contribution is 7.92. The lowest BCUT2D eigenvalue weighted by atomic mass is 9.97. The molecule has 0 spiro atoms. The molecule has 0 fully saturated rings. The topological polar surface area (TPSA) is 114 Å². The second-order valence-electron chi connectivity index (χ2n) is 8.90. The van der Waals surface area contributed by atoms with Crippen molar-refractivity contribution in [2.75, 3.05) is 10.0 Å². The van der Waals surface area contributed by atoms with E-state index >= 15 is 0 Å². The Morgan fingerprint density at radius 3 is 2.08 bits per heavy atom. The van der Waals surface area contributed by atoms with Gasteiger partial charge in [0.05, 0.1) is 21.7 Å². The molecule has 0 aliphatic rings. The first-order valence-electron chi connectivity index (χ1n) is 11.9. The molecule has 190 valence electrons. The maximum absolute atomic E-state index is 13.5. The quantitative estimate of drug-likeness (QED) is 0.296. The molecular weight excluding hydrogens is 498 g/mol. The Hall–Kier alpha value is -4.63. The summed E-state index contributed by atoms with van der Waals surface area (Å²) in [6, 6.07) is 24.9. The molecule has 0 saturated carbocycles. The van der Waals surface area contributed by atoms with Crippen molar-refractivity contribution >= 4 is 38.5 Å². The summed E-state index contributed by atoms with van der Waals surface area (Å²) in [7, 11) is -3.91. The maximum Gasteiger partial charge on any atom is 0.264 e. The van der Waals surface area contributed by atoms with Crippen LogP contribution in [0.4, 0.5) is 11.6 Å². The van der Waals surface area contributed by atoms with Crippen LogP contribution in [0.15, 0.2) is 89.8 Å². The van der Waals surface area contributed by atoms with Crippen molar-refractivity contribution < 1.29 is 13.2 Å². The number of hydrogen-bond donors (Lipinski definition) is 2. The molecule has 0 saturated heterocycles. The molecule has 5 rings (SSSR count). The van der Waals surface area contributed by atoms with Crippen LogP contribution in [0.2, 0.25) is 0 Å². The van der Waals surface area contributed by atoms with Gasteiger partial charge in [0.2, 0.25) is 5.95 Å². The van der Waals surface area contributed by atoms with Crippen LogP contribution in [-0.4, -0.2) is 29.3 Å². The van der Waals surface area contributed by atoms with Crippen molar-refractivity contribution in [3.05, 3.63) is 107 Å². The van der Waals surface area contributed by atoms with Crippen molar-refractivity contribution in [2.45, 2.75) is 25.7 Å². The van der Waals surface area contributed by atoms with Crippen LogP contribution in [0, 0.1) is 20.8 Å². The van der Waals surface area contributed by atoms with Gasteiger partial charge in [-0.25, -0.2) is 28.1 Å². The molecule has 8 nitrogen and oxygen atoms in total. The molecule has 2 N–H and O–H groups in total. The van der Waals surface area contributed by atoms with E-state index in [0.717, 1.165) is 22.2 Å². The summed E-state index contributed by atoms with van der Waals surface area (Å²) < 4.78 is 28.1. The zero-order valence-electron chi connectivity index (χ0n) is 21.1. The summed E-state index contributed by atoms with van der Waals surface area (Å²) in [5.74, 6) is -0.301. The molecule has 2 heterocycles. The SMILES string of the molecule is Cc1cc(C)nc(NS(=O)(=O)c2ccc(NC(=O)c3c(C)c(-c4ccccc4)nc4ccccc34)cc2)n1. The molecule has 3 aromatic carbocycles. The summed E-state index contributed by atoms with van der Waals surface area (Å²) in [4.78, 5) is 26.6. The Bertz CT molecular complexity index is 1750. The van der Waals surface area contributed by atoms with E-state index in [0.29, 0.717) is 28.2 Å². The van der Waals surface area contributed by atoms with E-state index in [1.807, 2.05) is 61.5 Å². The predicted octanol–water partition coefficient (Wildman–Crippen LogP) is 5.67. The van der Waals surface area contributed by atoms with Gasteiger partial charge in [0.25, 0.3) is 15.9 Å². The zero-order chi connectivity index (χ0) is 26.9. The lowest BCUT2D eigenvalue weighted by molar-refractivity contribution is 0.102. The van der Waals surface area contributed by atoms with Crippen LogP contribution in [-0.2, 0) is 10.0 Å². The van der Waals surface area contributed by atoms with Gasteiger partial charge in [-0.1, -0.05) is 48.5 Å². The highest BCUT2D eigenvalue weighted by Gasteiger charge is 2.20. The largest absolute Gasteiger partial charge is 0.322 e. The third-order valence-corrected chi connectivity index (χ3v) is 7.38. The second kappa shape index (κ2) is 10.0. The number of aryl methyl sites for hydroxylation is 2. The molecule has 2 aromatic heterocycles. The number of rotatable bonds is 6. The number of carbonyl (C=O) groups is 1. The summed E-state index contributed by atoms with van der Waals surface area (Å²) >= 11 is 0. The van der Waals surface area contributed by atoms with Crippen LogP contribution < -0.4 is 10.0 Å². The minimum atomic E-state index is -3.91. The van der Waals surface area contributed by atoms with Gasteiger partial charge in [-0.2, -0.15) is 0 Å². The number of para-hydroxylation sites is 1. The third-order valence-electron chi connectivity index (χ3n) is 6.04. The summed E-state index contributed by atoms with van der Waals surface area (Å²) in [5, 5.41) is 3.64. The highest BCUT2D eigenvalue weighted by Crippen LogP contribution is 2.30. The van der Waals surface area contributed by atoms with E-state index in [2.05, 4.69) is 20.0 Å². The van der Waals surface area contributed by atoms with Crippen molar-refractivity contribution in [1.29, 1.82) is 0 Å². The molecule has 0 aliphatic carbocycles. The van der Waals surface area contributed by atoms with Gasteiger partial charge in [0.15, 0.2) is 0 Å². The first kappa shape index (κ1) is 25.0. The molecule has 0 radical (unpaired) electrons. The molecule has 9 heteroatoms.